The fraction of sp³-hybridized carbons (Fsp3) is 0.458. The molecule has 2 aromatic carbocycles. The van der Waals surface area contributed by atoms with Gasteiger partial charge in [-0.05, 0) is 44.7 Å². The van der Waals surface area contributed by atoms with E-state index in [1.54, 1.807) is 20.8 Å². The molecule has 4 N–H and O–H groups in total. The predicted molar refractivity (Wildman–Crippen MR) is 118 cm³/mol. The molecule has 3 atom stereocenters. The minimum Gasteiger partial charge on any atom is -0.444 e. The van der Waals surface area contributed by atoms with E-state index in [1.165, 1.54) is 0 Å². The first kappa shape index (κ1) is 23.9. The van der Waals surface area contributed by atoms with Gasteiger partial charge in [-0.3, -0.25) is 0 Å². The van der Waals surface area contributed by atoms with Crippen molar-refractivity contribution in [3.05, 3.63) is 71.8 Å². The minimum absolute atomic E-state index is 0.0511. The summed E-state index contributed by atoms with van der Waals surface area (Å²) >= 11 is 0. The highest BCUT2D eigenvalue weighted by Crippen LogP contribution is 2.11. The summed E-state index contributed by atoms with van der Waals surface area (Å²) in [4.78, 5) is 12.3. The van der Waals surface area contributed by atoms with Crippen LogP contribution in [0.25, 0.3) is 0 Å². The summed E-state index contributed by atoms with van der Waals surface area (Å²) < 4.78 is 5.36. The van der Waals surface area contributed by atoms with E-state index in [0.717, 1.165) is 11.1 Å². The molecule has 0 aromatic heterocycles. The molecular weight excluding hydrogens is 380 g/mol. The summed E-state index contributed by atoms with van der Waals surface area (Å²) in [6.45, 7) is 5.57. The zero-order valence-corrected chi connectivity index (χ0v) is 18.0. The Labute approximate surface area is 179 Å². The van der Waals surface area contributed by atoms with E-state index in [0.29, 0.717) is 12.8 Å². The second-order valence-electron chi connectivity index (χ2n) is 8.49. The molecule has 30 heavy (non-hydrogen) atoms. The van der Waals surface area contributed by atoms with Gasteiger partial charge in [0.05, 0.1) is 18.8 Å². The van der Waals surface area contributed by atoms with Gasteiger partial charge in [-0.25, -0.2) is 4.79 Å². The normalized spacial score (nSPS) is 14.6. The third kappa shape index (κ3) is 8.95. The fourth-order valence-electron chi connectivity index (χ4n) is 3.14. The van der Waals surface area contributed by atoms with Crippen LogP contribution in [-0.4, -0.2) is 53.2 Å². The van der Waals surface area contributed by atoms with Crippen molar-refractivity contribution < 1.29 is 19.7 Å². The molecule has 6 heteroatoms. The number of ether oxygens (including phenoxy) is 1. The standard InChI is InChI=1S/C24H34N2O4/c1-24(2,3)30-23(29)26-21(15-19-12-8-5-9-13-19)22(28)16-25-20(17-27)14-18-10-6-4-7-11-18/h4-13,20-22,25,27-28H,14-17H2,1-3H3,(H,26,29)/t20-,21+,22-/m1/s1. The Kier molecular flexibility index (Phi) is 9.30. The van der Waals surface area contributed by atoms with E-state index < -0.39 is 23.8 Å². The van der Waals surface area contributed by atoms with Gasteiger partial charge in [0.25, 0.3) is 0 Å². The molecule has 0 saturated heterocycles. The Balaban J connectivity index is 1.99. The lowest BCUT2D eigenvalue weighted by Gasteiger charge is -2.28. The van der Waals surface area contributed by atoms with E-state index in [4.69, 9.17) is 4.74 Å². The molecule has 2 aromatic rings. The molecule has 0 fully saturated rings. The lowest BCUT2D eigenvalue weighted by Crippen LogP contribution is -2.51. The van der Waals surface area contributed by atoms with Gasteiger partial charge in [-0.2, -0.15) is 0 Å². The van der Waals surface area contributed by atoms with Crippen LogP contribution in [-0.2, 0) is 17.6 Å². The van der Waals surface area contributed by atoms with Crippen molar-refractivity contribution in [2.24, 2.45) is 0 Å². The summed E-state index contributed by atoms with van der Waals surface area (Å²) in [7, 11) is 0. The summed E-state index contributed by atoms with van der Waals surface area (Å²) in [6, 6.07) is 18.8. The van der Waals surface area contributed by atoms with Crippen LogP contribution in [0.5, 0.6) is 0 Å². The molecule has 0 unspecified atom stereocenters. The highest BCUT2D eigenvalue weighted by Gasteiger charge is 2.25. The number of carbonyl (C=O) groups is 1. The lowest BCUT2D eigenvalue weighted by atomic mass is 10.0. The number of rotatable bonds is 10. The number of aliphatic hydroxyl groups excluding tert-OH is 2. The van der Waals surface area contributed by atoms with Crippen LogP contribution < -0.4 is 10.6 Å². The SMILES string of the molecule is CC(C)(C)OC(=O)N[C@@H](Cc1ccccc1)[C@H](O)CN[C@@H](CO)Cc1ccccc1. The van der Waals surface area contributed by atoms with Crippen LogP contribution in [0.15, 0.2) is 60.7 Å². The predicted octanol–water partition coefficient (Wildman–Crippen LogP) is 2.68. The van der Waals surface area contributed by atoms with E-state index in [1.807, 2.05) is 60.7 Å². The van der Waals surface area contributed by atoms with Crippen molar-refractivity contribution in [2.75, 3.05) is 13.2 Å². The van der Waals surface area contributed by atoms with Crippen LogP contribution >= 0.6 is 0 Å². The highest BCUT2D eigenvalue weighted by atomic mass is 16.6. The topological polar surface area (TPSA) is 90.8 Å². The number of hydrogen-bond acceptors (Lipinski definition) is 5. The number of hydrogen-bond donors (Lipinski definition) is 4. The smallest absolute Gasteiger partial charge is 0.407 e. The van der Waals surface area contributed by atoms with Gasteiger partial charge in [0, 0.05) is 12.6 Å². The third-order valence-electron chi connectivity index (χ3n) is 4.63. The molecule has 0 radical (unpaired) electrons. The first-order valence-corrected chi connectivity index (χ1v) is 10.4. The molecule has 164 valence electrons. The summed E-state index contributed by atoms with van der Waals surface area (Å²) in [5.41, 5.74) is 1.48. The number of amides is 1. The number of alkyl carbamates (subject to hydrolysis) is 1. The molecular formula is C24H34N2O4. The maximum absolute atomic E-state index is 12.3. The molecule has 1 amide bonds. The maximum Gasteiger partial charge on any atom is 0.407 e. The number of aliphatic hydroxyl groups is 2. The molecule has 0 saturated carbocycles. The van der Waals surface area contributed by atoms with Gasteiger partial charge in [0.2, 0.25) is 0 Å². The van der Waals surface area contributed by atoms with Crippen molar-refractivity contribution in [1.29, 1.82) is 0 Å². The third-order valence-corrected chi connectivity index (χ3v) is 4.63. The average Bonchev–Trinajstić information content (AvgIpc) is 2.70. The van der Waals surface area contributed by atoms with Gasteiger partial charge in [-0.1, -0.05) is 60.7 Å². The highest BCUT2D eigenvalue weighted by molar-refractivity contribution is 5.68. The first-order chi connectivity index (χ1) is 14.3. The Morgan fingerprint density at radius 1 is 0.967 bits per heavy atom. The molecule has 6 nitrogen and oxygen atoms in total. The lowest BCUT2D eigenvalue weighted by molar-refractivity contribution is 0.0417. The number of benzene rings is 2. The van der Waals surface area contributed by atoms with Crippen molar-refractivity contribution in [3.8, 4) is 0 Å². The molecule has 2 rings (SSSR count). The second kappa shape index (κ2) is 11.7. The Bertz CT molecular complexity index is 747. The molecule has 0 heterocycles. The van der Waals surface area contributed by atoms with Gasteiger partial charge in [0.1, 0.15) is 5.60 Å². The molecule has 0 aliphatic rings. The molecule has 0 spiro atoms. The summed E-state index contributed by atoms with van der Waals surface area (Å²) in [5, 5.41) is 26.5. The zero-order chi connectivity index (χ0) is 22.0. The van der Waals surface area contributed by atoms with Crippen molar-refractivity contribution >= 4 is 6.09 Å². The van der Waals surface area contributed by atoms with E-state index in [9.17, 15) is 15.0 Å². The zero-order valence-electron chi connectivity index (χ0n) is 18.0. The average molecular weight is 415 g/mol. The Morgan fingerprint density at radius 2 is 1.50 bits per heavy atom. The Hall–Kier alpha value is -2.41. The molecule has 0 bridgehead atoms. The van der Waals surface area contributed by atoms with Gasteiger partial charge < -0.3 is 25.6 Å². The van der Waals surface area contributed by atoms with Crippen LogP contribution in [0.1, 0.15) is 31.9 Å². The van der Waals surface area contributed by atoms with Gasteiger partial charge in [-0.15, -0.1) is 0 Å². The van der Waals surface area contributed by atoms with Crippen LogP contribution in [0.3, 0.4) is 0 Å². The van der Waals surface area contributed by atoms with Crippen molar-refractivity contribution in [1.82, 2.24) is 10.6 Å². The van der Waals surface area contributed by atoms with Crippen LogP contribution in [0.4, 0.5) is 4.79 Å². The van der Waals surface area contributed by atoms with Gasteiger partial charge >= 0.3 is 6.09 Å². The monoisotopic (exact) mass is 414 g/mol. The summed E-state index contributed by atoms with van der Waals surface area (Å²) in [6.07, 6.45) is -0.314. The minimum atomic E-state index is -0.859. The number of nitrogens with one attached hydrogen (secondary N) is 2. The van der Waals surface area contributed by atoms with E-state index in [2.05, 4.69) is 10.6 Å². The first-order valence-electron chi connectivity index (χ1n) is 10.4. The van der Waals surface area contributed by atoms with Gasteiger partial charge in [0.15, 0.2) is 0 Å². The molecule has 0 aliphatic heterocycles. The molecule has 0 aliphatic carbocycles. The largest absolute Gasteiger partial charge is 0.444 e. The Morgan fingerprint density at radius 3 is 2.00 bits per heavy atom. The number of carbonyl (C=O) groups excluding carboxylic acids is 1. The van der Waals surface area contributed by atoms with E-state index in [-0.39, 0.29) is 19.2 Å². The van der Waals surface area contributed by atoms with E-state index >= 15 is 0 Å². The second-order valence-corrected chi connectivity index (χ2v) is 8.49. The van der Waals surface area contributed by atoms with Crippen molar-refractivity contribution in [3.63, 3.8) is 0 Å². The van der Waals surface area contributed by atoms with Crippen molar-refractivity contribution in [2.45, 2.75) is 57.4 Å². The van der Waals surface area contributed by atoms with Crippen LogP contribution in [0.2, 0.25) is 0 Å². The quantitative estimate of drug-likeness (QED) is 0.480. The van der Waals surface area contributed by atoms with Crippen LogP contribution in [0, 0.1) is 0 Å². The maximum atomic E-state index is 12.3. The summed E-state index contributed by atoms with van der Waals surface area (Å²) in [5.74, 6) is 0. The fourth-order valence-corrected chi connectivity index (χ4v) is 3.14.